The van der Waals surface area contributed by atoms with E-state index in [4.69, 9.17) is 19.7 Å². The lowest BCUT2D eigenvalue weighted by Crippen LogP contribution is -2.15. The molecule has 3 rings (SSSR count). The first-order chi connectivity index (χ1) is 19.1. The van der Waals surface area contributed by atoms with Gasteiger partial charge >= 0.3 is 11.9 Å². The SMILES string of the molecule is C.COc1ccc(C(O)=C(N=Nc2ccccc2)C(=O)C(=O)O)cc1.COc1ccc(C(O)=CC(=O)C(=O)O)cc1. The van der Waals surface area contributed by atoms with Gasteiger partial charge in [0.25, 0.3) is 11.6 Å². The molecule has 3 aromatic carbocycles. The molecular formula is C29H28N2O10. The third-order valence-electron chi connectivity index (χ3n) is 4.88. The number of rotatable bonds is 10. The molecule has 0 aliphatic carbocycles. The van der Waals surface area contributed by atoms with E-state index in [2.05, 4.69) is 10.2 Å². The predicted molar refractivity (Wildman–Crippen MR) is 149 cm³/mol. The van der Waals surface area contributed by atoms with Crippen LogP contribution in [-0.4, -0.2) is 58.2 Å². The second-order valence-electron chi connectivity index (χ2n) is 7.52. The molecule has 0 aromatic heterocycles. The van der Waals surface area contributed by atoms with E-state index in [1.165, 1.54) is 38.5 Å². The summed E-state index contributed by atoms with van der Waals surface area (Å²) in [5.41, 5.74) is 0.315. The summed E-state index contributed by atoms with van der Waals surface area (Å²) in [6.07, 6.45) is 0.657. The number of aliphatic hydroxyl groups excluding tert-OH is 2. The largest absolute Gasteiger partial charge is 0.507 e. The van der Waals surface area contributed by atoms with Crippen LogP contribution in [0.5, 0.6) is 11.5 Å². The molecule has 4 N–H and O–H groups in total. The van der Waals surface area contributed by atoms with Crippen molar-refractivity contribution in [2.75, 3.05) is 14.2 Å². The smallest absolute Gasteiger partial charge is 0.379 e. The predicted octanol–water partition coefficient (Wildman–Crippen LogP) is 5.24. The van der Waals surface area contributed by atoms with Crippen LogP contribution in [0.3, 0.4) is 0 Å². The van der Waals surface area contributed by atoms with Gasteiger partial charge in [0.2, 0.25) is 0 Å². The van der Waals surface area contributed by atoms with Gasteiger partial charge in [-0.2, -0.15) is 5.11 Å². The van der Waals surface area contributed by atoms with Crippen LogP contribution in [0, 0.1) is 0 Å². The zero-order valence-electron chi connectivity index (χ0n) is 21.2. The summed E-state index contributed by atoms with van der Waals surface area (Å²) in [6, 6.07) is 20.7. The Kier molecular flexibility index (Phi) is 13.2. The van der Waals surface area contributed by atoms with Gasteiger partial charge in [-0.3, -0.25) is 9.59 Å². The first kappa shape index (κ1) is 33.2. The van der Waals surface area contributed by atoms with Crippen molar-refractivity contribution in [3.63, 3.8) is 0 Å². The maximum Gasteiger partial charge on any atom is 0.379 e. The lowest BCUT2D eigenvalue weighted by molar-refractivity contribution is -0.147. The number of carbonyl (C=O) groups excluding carboxylic acids is 2. The summed E-state index contributed by atoms with van der Waals surface area (Å²) in [4.78, 5) is 43.8. The van der Waals surface area contributed by atoms with Crippen LogP contribution in [0.1, 0.15) is 18.6 Å². The summed E-state index contributed by atoms with van der Waals surface area (Å²) in [6.45, 7) is 0. The molecule has 0 unspecified atom stereocenters. The third-order valence-corrected chi connectivity index (χ3v) is 4.88. The van der Waals surface area contributed by atoms with E-state index >= 15 is 0 Å². The Balaban J connectivity index is 0.000000433. The molecule has 0 aliphatic rings. The number of nitrogens with zero attached hydrogens (tertiary/aromatic N) is 2. The number of aliphatic hydroxyl groups is 2. The lowest BCUT2D eigenvalue weighted by atomic mass is 10.1. The zero-order chi connectivity index (χ0) is 29.7. The summed E-state index contributed by atoms with van der Waals surface area (Å²) >= 11 is 0. The number of hydrogen-bond donors (Lipinski definition) is 4. The number of carboxylic acid groups (broad SMARTS) is 2. The highest BCUT2D eigenvalue weighted by Crippen LogP contribution is 2.23. The summed E-state index contributed by atoms with van der Waals surface area (Å²) < 4.78 is 9.91. The van der Waals surface area contributed by atoms with Crippen molar-refractivity contribution in [1.29, 1.82) is 0 Å². The molecule has 214 valence electrons. The standard InChI is InChI=1S/C17H14N2O5.C11H10O5.CH4/c1-24-13-9-7-11(8-10-13)15(20)14(16(21)17(22)23)19-18-12-5-3-2-4-6-12;1-16-8-4-2-7(3-5-8)9(12)6-10(13)11(14)15;/h2-10,20H,1H3,(H,22,23);2-6,12H,1H3,(H,14,15);1H4. The number of ether oxygens (including phenoxy) is 2. The van der Waals surface area contributed by atoms with Crippen molar-refractivity contribution in [2.45, 2.75) is 7.43 Å². The molecule has 0 atom stereocenters. The molecule has 0 bridgehead atoms. The molecule has 0 saturated carbocycles. The number of aliphatic carboxylic acids is 2. The normalized spacial score (nSPS) is 11.2. The molecule has 0 aliphatic heterocycles. The van der Waals surface area contributed by atoms with Gasteiger partial charge in [-0.25, -0.2) is 9.59 Å². The fourth-order valence-corrected chi connectivity index (χ4v) is 2.82. The van der Waals surface area contributed by atoms with Crippen LogP contribution in [0.2, 0.25) is 0 Å². The van der Waals surface area contributed by atoms with E-state index < -0.39 is 40.7 Å². The molecule has 0 fully saturated rings. The maximum absolute atomic E-state index is 11.8. The van der Waals surface area contributed by atoms with E-state index in [0.29, 0.717) is 28.8 Å². The monoisotopic (exact) mass is 564 g/mol. The van der Waals surface area contributed by atoms with E-state index in [9.17, 15) is 29.4 Å². The fourth-order valence-electron chi connectivity index (χ4n) is 2.82. The molecular weight excluding hydrogens is 536 g/mol. The van der Waals surface area contributed by atoms with Crippen molar-refractivity contribution >= 4 is 40.7 Å². The van der Waals surface area contributed by atoms with Crippen LogP contribution >= 0.6 is 0 Å². The van der Waals surface area contributed by atoms with Crippen LogP contribution in [0.25, 0.3) is 11.5 Å². The minimum Gasteiger partial charge on any atom is -0.507 e. The van der Waals surface area contributed by atoms with Crippen molar-refractivity contribution in [3.8, 4) is 11.5 Å². The second kappa shape index (κ2) is 16.2. The van der Waals surface area contributed by atoms with Gasteiger partial charge in [-0.15, -0.1) is 5.11 Å². The van der Waals surface area contributed by atoms with Crippen molar-refractivity contribution in [3.05, 3.63) is 102 Å². The maximum atomic E-state index is 11.8. The van der Waals surface area contributed by atoms with Gasteiger partial charge in [0.1, 0.15) is 17.3 Å². The summed E-state index contributed by atoms with van der Waals surface area (Å²) in [5.74, 6) is -5.71. The van der Waals surface area contributed by atoms with Gasteiger partial charge in [-0.05, 0) is 60.7 Å². The Morgan fingerprint density at radius 3 is 1.61 bits per heavy atom. The molecule has 0 saturated heterocycles. The Labute approximate surface area is 235 Å². The minimum absolute atomic E-state index is 0. The highest BCUT2D eigenvalue weighted by Gasteiger charge is 2.23. The van der Waals surface area contributed by atoms with Crippen molar-refractivity contribution < 1.29 is 49.1 Å². The Morgan fingerprint density at radius 1 is 0.683 bits per heavy atom. The molecule has 12 heteroatoms. The minimum atomic E-state index is -1.74. The second-order valence-corrected chi connectivity index (χ2v) is 7.52. The van der Waals surface area contributed by atoms with Crippen LogP contribution in [0.4, 0.5) is 5.69 Å². The summed E-state index contributed by atoms with van der Waals surface area (Å²) in [7, 11) is 2.98. The molecule has 3 aromatic rings. The van der Waals surface area contributed by atoms with E-state index in [1.807, 2.05) is 0 Å². The van der Waals surface area contributed by atoms with Crippen molar-refractivity contribution in [1.82, 2.24) is 0 Å². The topological polar surface area (TPSA) is 192 Å². The number of Topliss-reactive ketones (excluding diaryl/α,β-unsaturated/α-hetero) is 1. The number of azo groups is 1. The van der Waals surface area contributed by atoms with Gasteiger partial charge in [0, 0.05) is 17.2 Å². The number of carboxylic acids is 2. The average Bonchev–Trinajstić information content (AvgIpc) is 2.97. The number of methoxy groups -OCH3 is 2. The number of carbonyl (C=O) groups is 4. The summed E-state index contributed by atoms with van der Waals surface area (Å²) in [5, 5.41) is 44.3. The molecule has 0 radical (unpaired) electrons. The third kappa shape index (κ3) is 10.1. The van der Waals surface area contributed by atoms with E-state index in [0.717, 1.165) is 0 Å². The Hall–Kier alpha value is -5.78. The molecule has 41 heavy (non-hydrogen) atoms. The van der Waals surface area contributed by atoms with Crippen LogP contribution < -0.4 is 9.47 Å². The molecule has 12 nitrogen and oxygen atoms in total. The Morgan fingerprint density at radius 2 is 1.17 bits per heavy atom. The Bertz CT molecular complexity index is 1440. The first-order valence-corrected chi connectivity index (χ1v) is 11.2. The highest BCUT2D eigenvalue weighted by atomic mass is 16.5. The average molecular weight is 565 g/mol. The highest BCUT2D eigenvalue weighted by molar-refractivity contribution is 6.40. The van der Waals surface area contributed by atoms with E-state index in [1.54, 1.807) is 54.6 Å². The first-order valence-electron chi connectivity index (χ1n) is 11.2. The van der Waals surface area contributed by atoms with Crippen molar-refractivity contribution in [2.24, 2.45) is 10.2 Å². The number of hydrogen-bond acceptors (Lipinski definition) is 10. The van der Waals surface area contributed by atoms with Crippen LogP contribution in [0.15, 0.2) is 101 Å². The quantitative estimate of drug-likeness (QED) is 0.109. The van der Waals surface area contributed by atoms with Gasteiger partial charge in [0.15, 0.2) is 11.5 Å². The lowest BCUT2D eigenvalue weighted by Gasteiger charge is -2.05. The van der Waals surface area contributed by atoms with E-state index in [-0.39, 0.29) is 13.0 Å². The van der Waals surface area contributed by atoms with Gasteiger partial charge in [-0.1, -0.05) is 25.6 Å². The molecule has 0 spiro atoms. The molecule has 0 heterocycles. The fraction of sp³-hybridized carbons (Fsp3) is 0.103. The van der Waals surface area contributed by atoms with Gasteiger partial charge in [0.05, 0.1) is 19.9 Å². The molecule has 0 amide bonds. The van der Waals surface area contributed by atoms with Gasteiger partial charge < -0.3 is 29.9 Å². The van der Waals surface area contributed by atoms with Crippen LogP contribution in [-0.2, 0) is 19.2 Å². The number of benzene rings is 3. The number of ketones is 2. The zero-order valence-corrected chi connectivity index (χ0v) is 21.2.